The largest absolute Gasteiger partial charge is 0.437 e. The van der Waals surface area contributed by atoms with Crippen molar-refractivity contribution in [2.24, 2.45) is 5.92 Å². The van der Waals surface area contributed by atoms with Gasteiger partial charge in [0.25, 0.3) is 0 Å². The van der Waals surface area contributed by atoms with Crippen molar-refractivity contribution in [1.29, 1.82) is 0 Å². The van der Waals surface area contributed by atoms with Crippen molar-refractivity contribution in [2.45, 2.75) is 59.2 Å². The molecule has 15 heavy (non-hydrogen) atoms. The molecule has 0 saturated carbocycles. The van der Waals surface area contributed by atoms with Crippen molar-refractivity contribution in [2.75, 3.05) is 0 Å². The molecule has 0 aromatic heterocycles. The van der Waals surface area contributed by atoms with Crippen LogP contribution >= 0.6 is 0 Å². The molecule has 0 bridgehead atoms. The molecule has 91 valence electrons. The average molecular weight is 264 g/mol. The summed E-state index contributed by atoms with van der Waals surface area (Å²) in [5.74, 6) is 0.726. The molecule has 5 heteroatoms. The quantitative estimate of drug-likeness (QED) is 0.678. The topological polar surface area (TPSA) is 18.5 Å². The first-order chi connectivity index (χ1) is 6.54. The van der Waals surface area contributed by atoms with Crippen LogP contribution < -0.4 is 0 Å². The molecule has 0 aliphatic rings. The SMILES string of the molecule is CC(C)C[Si](C)(C)O[Si](C)(C)O[Si](C)C. The van der Waals surface area contributed by atoms with Crippen LogP contribution in [0.5, 0.6) is 0 Å². The lowest BCUT2D eigenvalue weighted by molar-refractivity contribution is 0.396. The molecule has 1 radical (unpaired) electrons. The molecule has 0 fully saturated rings. The highest BCUT2D eigenvalue weighted by atomic mass is 28.5. The Morgan fingerprint density at radius 3 is 1.87 bits per heavy atom. The molecular weight excluding hydrogens is 236 g/mol. The maximum atomic E-state index is 6.33. The summed E-state index contributed by atoms with van der Waals surface area (Å²) in [6.45, 7) is 17.9. The first-order valence-corrected chi connectivity index (χ1v) is 14.1. The molecule has 0 amide bonds. The second kappa shape index (κ2) is 5.77. The third kappa shape index (κ3) is 8.39. The van der Waals surface area contributed by atoms with Crippen LogP contribution in [0.1, 0.15) is 13.8 Å². The minimum Gasteiger partial charge on any atom is -0.437 e. The number of hydrogen-bond donors (Lipinski definition) is 0. The lowest BCUT2D eigenvalue weighted by Gasteiger charge is -2.35. The molecule has 0 atom stereocenters. The number of hydrogen-bond acceptors (Lipinski definition) is 2. The van der Waals surface area contributed by atoms with Crippen LogP contribution in [-0.4, -0.2) is 25.9 Å². The van der Waals surface area contributed by atoms with Crippen molar-refractivity contribution >= 4 is 25.9 Å². The van der Waals surface area contributed by atoms with Crippen LogP contribution in [0, 0.1) is 5.92 Å². The maximum absolute atomic E-state index is 6.33. The zero-order valence-electron chi connectivity index (χ0n) is 11.6. The van der Waals surface area contributed by atoms with Gasteiger partial charge in [-0.1, -0.05) is 13.8 Å². The van der Waals surface area contributed by atoms with Crippen LogP contribution in [0.15, 0.2) is 0 Å². The molecule has 0 spiro atoms. The van der Waals surface area contributed by atoms with Crippen molar-refractivity contribution < 1.29 is 8.23 Å². The van der Waals surface area contributed by atoms with Crippen LogP contribution in [0.4, 0.5) is 0 Å². The van der Waals surface area contributed by atoms with E-state index in [0.717, 1.165) is 5.92 Å². The minimum absolute atomic E-state index is 0.632. The van der Waals surface area contributed by atoms with Crippen LogP contribution in [0.3, 0.4) is 0 Å². The Balaban J connectivity index is 4.29. The molecule has 0 aliphatic carbocycles. The van der Waals surface area contributed by atoms with Crippen LogP contribution in [0.2, 0.25) is 45.3 Å². The van der Waals surface area contributed by atoms with E-state index in [2.05, 4.69) is 53.1 Å². The van der Waals surface area contributed by atoms with Crippen molar-refractivity contribution in [3.8, 4) is 0 Å². The smallest absolute Gasteiger partial charge is 0.311 e. The normalized spacial score (nSPS) is 14.0. The summed E-state index contributed by atoms with van der Waals surface area (Å²) in [4.78, 5) is 0. The fourth-order valence-corrected chi connectivity index (χ4v) is 14.3. The Bertz CT molecular complexity index is 171. The monoisotopic (exact) mass is 263 g/mol. The summed E-state index contributed by atoms with van der Waals surface area (Å²) in [6, 6.07) is 1.22. The van der Waals surface area contributed by atoms with Gasteiger partial charge in [-0.25, -0.2) is 0 Å². The second-order valence-corrected chi connectivity index (χ2v) is 16.0. The summed E-state index contributed by atoms with van der Waals surface area (Å²) in [5.41, 5.74) is 0. The molecule has 0 rings (SSSR count). The van der Waals surface area contributed by atoms with Gasteiger partial charge in [-0.2, -0.15) is 0 Å². The van der Waals surface area contributed by atoms with E-state index in [-0.39, 0.29) is 0 Å². The summed E-state index contributed by atoms with van der Waals surface area (Å²) in [5, 5.41) is 0. The lowest BCUT2D eigenvalue weighted by Crippen LogP contribution is -2.48. The zero-order valence-corrected chi connectivity index (χ0v) is 14.6. The Hall–Kier alpha value is 0.571. The molecule has 0 aliphatic heterocycles. The van der Waals surface area contributed by atoms with Gasteiger partial charge in [0.05, 0.1) is 0 Å². The number of rotatable bonds is 6. The van der Waals surface area contributed by atoms with Gasteiger partial charge in [0.1, 0.15) is 0 Å². The minimum atomic E-state index is -1.86. The summed E-state index contributed by atoms with van der Waals surface area (Å²) in [6.07, 6.45) is 0. The fourth-order valence-electron chi connectivity index (χ4n) is 2.20. The zero-order chi connectivity index (χ0) is 12.3. The van der Waals surface area contributed by atoms with Gasteiger partial charge in [0, 0.05) is 0 Å². The Morgan fingerprint density at radius 2 is 1.53 bits per heavy atom. The van der Waals surface area contributed by atoms with Crippen LogP contribution in [-0.2, 0) is 8.23 Å². The van der Waals surface area contributed by atoms with Gasteiger partial charge in [-0.15, -0.1) is 0 Å². The Labute approximate surface area is 99.5 Å². The van der Waals surface area contributed by atoms with E-state index >= 15 is 0 Å². The predicted octanol–water partition coefficient (Wildman–Crippen LogP) is 3.83. The van der Waals surface area contributed by atoms with Gasteiger partial charge in [-0.05, 0) is 51.2 Å². The summed E-state index contributed by atoms with van der Waals surface area (Å²) < 4.78 is 12.3. The molecule has 2 nitrogen and oxygen atoms in total. The molecular formula is C10H27O2Si3. The molecule has 0 aromatic rings. The van der Waals surface area contributed by atoms with Crippen molar-refractivity contribution in [1.82, 2.24) is 0 Å². The maximum Gasteiger partial charge on any atom is 0.311 e. The van der Waals surface area contributed by atoms with Gasteiger partial charge in [0.2, 0.25) is 0 Å². The van der Waals surface area contributed by atoms with E-state index in [4.69, 9.17) is 8.23 Å². The van der Waals surface area contributed by atoms with E-state index < -0.39 is 25.9 Å². The molecule has 0 N–H and O–H groups in total. The van der Waals surface area contributed by atoms with E-state index in [1.165, 1.54) is 6.04 Å². The summed E-state index contributed by atoms with van der Waals surface area (Å²) >= 11 is 0. The standard InChI is InChI=1S/C10H27O2Si3/c1-10(2)9-14(5,6)12-15(7,8)11-13(3)4/h10H,9H2,1-8H3. The van der Waals surface area contributed by atoms with Gasteiger partial charge in [0.15, 0.2) is 17.4 Å². The lowest BCUT2D eigenvalue weighted by atomic mass is 10.3. The second-order valence-electron chi connectivity index (χ2n) is 5.87. The van der Waals surface area contributed by atoms with Crippen LogP contribution in [0.25, 0.3) is 0 Å². The highest BCUT2D eigenvalue weighted by Crippen LogP contribution is 2.23. The average Bonchev–Trinajstić information content (AvgIpc) is 1.73. The fraction of sp³-hybridized carbons (Fsp3) is 1.00. The Kier molecular flexibility index (Phi) is 5.99. The Morgan fingerprint density at radius 1 is 1.07 bits per heavy atom. The molecule has 0 heterocycles. The predicted molar refractivity (Wildman–Crippen MR) is 74.3 cm³/mol. The van der Waals surface area contributed by atoms with Gasteiger partial charge < -0.3 is 8.23 Å². The third-order valence-corrected chi connectivity index (χ3v) is 11.4. The van der Waals surface area contributed by atoms with Gasteiger partial charge >= 0.3 is 8.56 Å². The first kappa shape index (κ1) is 15.6. The molecule has 0 aromatic carbocycles. The molecule has 0 unspecified atom stereocenters. The van der Waals surface area contributed by atoms with Crippen molar-refractivity contribution in [3.05, 3.63) is 0 Å². The highest BCUT2D eigenvalue weighted by molar-refractivity contribution is 6.84. The van der Waals surface area contributed by atoms with E-state index in [1.807, 2.05) is 0 Å². The van der Waals surface area contributed by atoms with E-state index in [1.54, 1.807) is 0 Å². The van der Waals surface area contributed by atoms with E-state index in [9.17, 15) is 0 Å². The highest BCUT2D eigenvalue weighted by Gasteiger charge is 2.35. The van der Waals surface area contributed by atoms with Crippen molar-refractivity contribution in [3.63, 3.8) is 0 Å². The summed E-state index contributed by atoms with van der Waals surface area (Å²) in [7, 11) is -4.01. The molecule has 0 saturated heterocycles. The van der Waals surface area contributed by atoms with Gasteiger partial charge in [-0.3, -0.25) is 0 Å². The van der Waals surface area contributed by atoms with E-state index in [0.29, 0.717) is 0 Å². The first-order valence-electron chi connectivity index (χ1n) is 5.73. The third-order valence-electron chi connectivity index (χ3n) is 1.87.